The largest absolute Gasteiger partial charge is 0.420 e. The summed E-state index contributed by atoms with van der Waals surface area (Å²) in [5.41, 5.74) is -1.10. The number of hydrogen-bond acceptors (Lipinski definition) is 3. The van der Waals surface area contributed by atoms with Crippen molar-refractivity contribution in [2.24, 2.45) is 0 Å². The highest BCUT2D eigenvalue weighted by Gasteiger charge is 2.37. The Kier molecular flexibility index (Phi) is 3.23. The number of carbonyl (C=O) groups excluding carboxylic acids is 1. The molecule has 18 heavy (non-hydrogen) atoms. The molecule has 0 spiro atoms. The van der Waals surface area contributed by atoms with Crippen LogP contribution in [0.4, 0.5) is 23.4 Å². The highest BCUT2D eigenvalue weighted by atomic mass is 19.4. The highest BCUT2D eigenvalue weighted by Crippen LogP contribution is 2.36. The van der Waals surface area contributed by atoms with Gasteiger partial charge in [0.05, 0.1) is 6.20 Å². The van der Waals surface area contributed by atoms with Crippen molar-refractivity contribution in [2.75, 3.05) is 18.0 Å². The lowest BCUT2D eigenvalue weighted by atomic mass is 10.1. The molecule has 0 N–H and O–H groups in total. The van der Waals surface area contributed by atoms with Crippen LogP contribution in [0.1, 0.15) is 18.4 Å². The van der Waals surface area contributed by atoms with E-state index in [2.05, 4.69) is 4.98 Å². The maximum absolute atomic E-state index is 12.9. The van der Waals surface area contributed by atoms with Crippen LogP contribution < -0.4 is 4.90 Å². The minimum Gasteiger partial charge on any atom is -0.355 e. The molecule has 7 heteroatoms. The van der Waals surface area contributed by atoms with Gasteiger partial charge in [0, 0.05) is 25.9 Å². The molecular formula is C11H10F4N2O. The summed E-state index contributed by atoms with van der Waals surface area (Å²) in [6.45, 7) is 0.362. The minimum absolute atomic E-state index is 0.0157. The van der Waals surface area contributed by atoms with E-state index in [1.807, 2.05) is 0 Å². The molecule has 0 aliphatic carbocycles. The molecule has 0 bridgehead atoms. The molecule has 0 saturated carbocycles. The number of Topliss-reactive ketones (excluding diaryl/α,β-unsaturated/α-hetero) is 1. The first kappa shape index (κ1) is 12.8. The van der Waals surface area contributed by atoms with Gasteiger partial charge in [-0.25, -0.2) is 9.37 Å². The molecule has 3 nitrogen and oxygen atoms in total. The normalized spacial score (nSPS) is 17.1. The first-order valence-electron chi connectivity index (χ1n) is 5.37. The summed E-state index contributed by atoms with van der Waals surface area (Å²) < 4.78 is 51.2. The van der Waals surface area contributed by atoms with Crippen molar-refractivity contribution in [2.45, 2.75) is 19.0 Å². The molecular weight excluding hydrogens is 252 g/mol. The molecule has 1 aromatic rings. The quantitative estimate of drug-likeness (QED) is 0.729. The number of alkyl halides is 3. The maximum Gasteiger partial charge on any atom is 0.420 e. The molecule has 1 aliphatic heterocycles. The number of carbonyl (C=O) groups is 1. The van der Waals surface area contributed by atoms with E-state index in [0.717, 1.165) is 6.20 Å². The second-order valence-corrected chi connectivity index (χ2v) is 4.05. The molecule has 0 amide bonds. The molecule has 1 aliphatic rings. The van der Waals surface area contributed by atoms with Crippen LogP contribution >= 0.6 is 0 Å². The van der Waals surface area contributed by atoms with E-state index in [4.69, 9.17) is 0 Å². The summed E-state index contributed by atoms with van der Waals surface area (Å²) in [5, 5.41) is 0. The third-order valence-corrected chi connectivity index (χ3v) is 2.76. The summed E-state index contributed by atoms with van der Waals surface area (Å²) >= 11 is 0. The minimum atomic E-state index is -4.66. The molecule has 2 rings (SSSR count). The van der Waals surface area contributed by atoms with Gasteiger partial charge in [0.25, 0.3) is 0 Å². The maximum atomic E-state index is 12.9. The van der Waals surface area contributed by atoms with E-state index in [1.165, 1.54) is 4.90 Å². The van der Waals surface area contributed by atoms with Gasteiger partial charge in [0.2, 0.25) is 0 Å². The highest BCUT2D eigenvalue weighted by molar-refractivity contribution is 5.81. The Balaban J connectivity index is 2.35. The zero-order valence-corrected chi connectivity index (χ0v) is 9.30. The van der Waals surface area contributed by atoms with Crippen LogP contribution in [0.15, 0.2) is 12.3 Å². The van der Waals surface area contributed by atoms with Crippen molar-refractivity contribution in [3.8, 4) is 0 Å². The van der Waals surface area contributed by atoms with Crippen molar-refractivity contribution >= 4 is 11.6 Å². The van der Waals surface area contributed by atoms with Gasteiger partial charge in [-0.2, -0.15) is 13.2 Å². The van der Waals surface area contributed by atoms with Crippen molar-refractivity contribution < 1.29 is 22.4 Å². The Bertz CT molecular complexity index is 463. The van der Waals surface area contributed by atoms with E-state index < -0.39 is 17.6 Å². The zero-order valence-electron chi connectivity index (χ0n) is 9.30. The average Bonchev–Trinajstić information content (AvgIpc) is 2.29. The van der Waals surface area contributed by atoms with Gasteiger partial charge in [-0.3, -0.25) is 4.79 Å². The van der Waals surface area contributed by atoms with E-state index in [-0.39, 0.29) is 37.5 Å². The Morgan fingerprint density at radius 3 is 2.39 bits per heavy atom. The van der Waals surface area contributed by atoms with E-state index in [9.17, 15) is 22.4 Å². The summed E-state index contributed by atoms with van der Waals surface area (Å²) in [4.78, 5) is 15.9. The first-order chi connectivity index (χ1) is 8.38. The van der Waals surface area contributed by atoms with Crippen LogP contribution in [0.5, 0.6) is 0 Å². The van der Waals surface area contributed by atoms with Gasteiger partial charge >= 0.3 is 6.18 Å². The molecule has 98 valence electrons. The van der Waals surface area contributed by atoms with Gasteiger partial charge in [-0.05, 0) is 6.07 Å². The van der Waals surface area contributed by atoms with Crippen molar-refractivity contribution in [3.63, 3.8) is 0 Å². The molecule has 1 saturated heterocycles. The third-order valence-electron chi connectivity index (χ3n) is 2.76. The Hall–Kier alpha value is -1.66. The molecule has 0 radical (unpaired) electrons. The predicted molar refractivity (Wildman–Crippen MR) is 55.7 cm³/mol. The molecule has 1 fully saturated rings. The van der Waals surface area contributed by atoms with Crippen LogP contribution in [-0.2, 0) is 11.0 Å². The Morgan fingerprint density at radius 2 is 1.83 bits per heavy atom. The molecule has 1 aromatic heterocycles. The zero-order chi connectivity index (χ0) is 13.3. The Morgan fingerprint density at radius 1 is 1.22 bits per heavy atom. The third kappa shape index (κ3) is 2.60. The van der Waals surface area contributed by atoms with E-state index in [1.54, 1.807) is 0 Å². The Labute approximate surface area is 100 Å². The number of hydrogen-bond donors (Lipinski definition) is 0. The van der Waals surface area contributed by atoms with Crippen LogP contribution in [0.25, 0.3) is 0 Å². The SMILES string of the molecule is O=C1CCN(c2ncc(F)cc2C(F)(F)F)CC1. The van der Waals surface area contributed by atoms with Crippen LogP contribution in [-0.4, -0.2) is 23.9 Å². The van der Waals surface area contributed by atoms with Crippen molar-refractivity contribution in [1.29, 1.82) is 0 Å². The number of rotatable bonds is 1. The number of aromatic nitrogens is 1. The number of piperidine rings is 1. The van der Waals surface area contributed by atoms with E-state index in [0.29, 0.717) is 6.07 Å². The van der Waals surface area contributed by atoms with Gasteiger partial charge < -0.3 is 4.90 Å². The summed E-state index contributed by atoms with van der Waals surface area (Å²) in [6, 6.07) is 0.429. The molecule has 2 heterocycles. The van der Waals surface area contributed by atoms with Gasteiger partial charge in [-0.1, -0.05) is 0 Å². The molecule has 0 unspecified atom stereocenters. The van der Waals surface area contributed by atoms with Crippen LogP contribution in [0, 0.1) is 5.82 Å². The number of nitrogens with zero attached hydrogens (tertiary/aromatic N) is 2. The van der Waals surface area contributed by atoms with Gasteiger partial charge in [0.1, 0.15) is 23.0 Å². The van der Waals surface area contributed by atoms with Crippen LogP contribution in [0.2, 0.25) is 0 Å². The predicted octanol–water partition coefficient (Wildman–Crippen LogP) is 2.41. The fraction of sp³-hybridized carbons (Fsp3) is 0.455. The fourth-order valence-corrected chi connectivity index (χ4v) is 1.86. The molecule has 0 atom stereocenters. The summed E-state index contributed by atoms with van der Waals surface area (Å²) in [5.74, 6) is -1.32. The topological polar surface area (TPSA) is 33.2 Å². The summed E-state index contributed by atoms with van der Waals surface area (Å²) in [6.07, 6.45) is -3.53. The first-order valence-corrected chi connectivity index (χ1v) is 5.37. The second kappa shape index (κ2) is 4.55. The lowest BCUT2D eigenvalue weighted by molar-refractivity contribution is -0.137. The van der Waals surface area contributed by atoms with E-state index >= 15 is 0 Å². The van der Waals surface area contributed by atoms with Gasteiger partial charge in [-0.15, -0.1) is 0 Å². The fourth-order valence-electron chi connectivity index (χ4n) is 1.86. The summed E-state index contributed by atoms with van der Waals surface area (Å²) in [7, 11) is 0. The number of anilines is 1. The number of pyridine rings is 1. The lowest BCUT2D eigenvalue weighted by Crippen LogP contribution is -2.35. The second-order valence-electron chi connectivity index (χ2n) is 4.05. The number of halogens is 4. The van der Waals surface area contributed by atoms with Gasteiger partial charge in [0.15, 0.2) is 0 Å². The van der Waals surface area contributed by atoms with Crippen LogP contribution in [0.3, 0.4) is 0 Å². The smallest absolute Gasteiger partial charge is 0.355 e. The van der Waals surface area contributed by atoms with Crippen molar-refractivity contribution in [3.05, 3.63) is 23.6 Å². The molecule has 0 aromatic carbocycles. The average molecular weight is 262 g/mol. The van der Waals surface area contributed by atoms with Crippen molar-refractivity contribution in [1.82, 2.24) is 4.98 Å². The lowest BCUT2D eigenvalue weighted by Gasteiger charge is -2.29. The standard InChI is InChI=1S/C11H10F4N2O/c12-7-5-9(11(13,14)15)10(16-6-7)17-3-1-8(18)2-4-17/h5-6H,1-4H2. The number of ketones is 1. The monoisotopic (exact) mass is 262 g/mol.